The van der Waals surface area contributed by atoms with Crippen molar-refractivity contribution >= 4 is 26.5 Å². The molecule has 9 nitrogen and oxygen atoms in total. The monoisotopic (exact) mass is 430 g/mol. The van der Waals surface area contributed by atoms with E-state index in [-0.39, 0.29) is 99.5 Å². The Labute approximate surface area is 199 Å². The molecule has 1 aromatic rings. The van der Waals surface area contributed by atoms with Crippen LogP contribution in [0.4, 0.5) is 0 Å². The van der Waals surface area contributed by atoms with Gasteiger partial charge in [-0.15, -0.1) is 0 Å². The van der Waals surface area contributed by atoms with Gasteiger partial charge in [0.15, 0.2) is 11.5 Å². The molecule has 0 amide bonds. The summed E-state index contributed by atoms with van der Waals surface area (Å²) in [6, 6.07) is 4.31. The molecular formula is C13H20Na2O9S2. The van der Waals surface area contributed by atoms with Crippen LogP contribution < -0.4 is 68.6 Å². The molecule has 0 bridgehead atoms. The zero-order valence-corrected chi connectivity index (χ0v) is 20.3. The van der Waals surface area contributed by atoms with Gasteiger partial charge < -0.3 is 12.3 Å². The maximum absolute atomic E-state index is 10.8. The Morgan fingerprint density at radius 3 is 1.77 bits per heavy atom. The number of ether oxygens (including phenoxy) is 2. The minimum Gasteiger partial charge on any atom is -1.00 e. The molecule has 0 heterocycles. The SMILES string of the molecule is O=Cc1ccc(OCCCS(=O)(=O)O)c(OCCCS(=O)(=O)O)c1.[H-].[H-].[Na+].[Na+]. The van der Waals surface area contributed by atoms with Crippen LogP contribution in [-0.4, -0.2) is 56.9 Å². The Hall–Kier alpha value is 0.310. The van der Waals surface area contributed by atoms with Crippen LogP contribution >= 0.6 is 0 Å². The summed E-state index contributed by atoms with van der Waals surface area (Å²) in [7, 11) is -8.15. The number of carbonyl (C=O) groups is 1. The van der Waals surface area contributed by atoms with Gasteiger partial charge in [0.05, 0.1) is 24.7 Å². The first kappa shape index (κ1) is 28.5. The third-order valence-corrected chi connectivity index (χ3v) is 4.32. The molecule has 0 radical (unpaired) electrons. The predicted molar refractivity (Wildman–Crippen MR) is 87.1 cm³/mol. The van der Waals surface area contributed by atoms with Crippen LogP contribution in [0.5, 0.6) is 11.5 Å². The average Bonchev–Trinajstić information content (AvgIpc) is 2.47. The topological polar surface area (TPSA) is 144 Å². The molecule has 0 unspecified atom stereocenters. The van der Waals surface area contributed by atoms with Crippen LogP contribution in [0.2, 0.25) is 0 Å². The van der Waals surface area contributed by atoms with E-state index in [1.807, 2.05) is 0 Å². The number of aldehydes is 1. The van der Waals surface area contributed by atoms with E-state index in [0.29, 0.717) is 11.8 Å². The van der Waals surface area contributed by atoms with Crippen LogP contribution in [0.15, 0.2) is 18.2 Å². The number of hydrogen-bond acceptors (Lipinski definition) is 7. The fourth-order valence-electron chi connectivity index (χ4n) is 1.68. The van der Waals surface area contributed by atoms with Crippen molar-refractivity contribution < 1.29 is 102 Å². The molecule has 0 aliphatic heterocycles. The van der Waals surface area contributed by atoms with Crippen molar-refractivity contribution in [3.8, 4) is 11.5 Å². The number of rotatable bonds is 11. The summed E-state index contributed by atoms with van der Waals surface area (Å²) in [5.41, 5.74) is 0.310. The molecular weight excluding hydrogens is 410 g/mol. The predicted octanol–water partition coefficient (Wildman–Crippen LogP) is -4.95. The van der Waals surface area contributed by atoms with E-state index >= 15 is 0 Å². The Bertz CT molecular complexity index is 774. The largest absolute Gasteiger partial charge is 1.00 e. The van der Waals surface area contributed by atoms with Gasteiger partial charge in [-0.05, 0) is 31.0 Å². The third kappa shape index (κ3) is 13.5. The van der Waals surface area contributed by atoms with E-state index < -0.39 is 31.7 Å². The molecule has 1 rings (SSSR count). The first-order chi connectivity index (χ1) is 11.1. The molecule has 0 atom stereocenters. The molecule has 0 aliphatic carbocycles. The Morgan fingerprint density at radius 1 is 0.885 bits per heavy atom. The van der Waals surface area contributed by atoms with Gasteiger partial charge in [-0.2, -0.15) is 16.8 Å². The Kier molecular flexibility index (Phi) is 14.8. The van der Waals surface area contributed by atoms with Gasteiger partial charge in [-0.3, -0.25) is 13.9 Å². The molecule has 13 heteroatoms. The van der Waals surface area contributed by atoms with Crippen molar-refractivity contribution in [1.82, 2.24) is 0 Å². The quantitative estimate of drug-likeness (QED) is 0.153. The van der Waals surface area contributed by atoms with E-state index in [2.05, 4.69) is 0 Å². The smallest absolute Gasteiger partial charge is 1.00 e. The second kappa shape index (κ2) is 13.5. The second-order valence-corrected chi connectivity index (χ2v) is 7.94. The van der Waals surface area contributed by atoms with Crippen LogP contribution in [0.25, 0.3) is 0 Å². The first-order valence-corrected chi connectivity index (χ1v) is 10.1. The second-order valence-electron chi connectivity index (χ2n) is 4.80. The summed E-state index contributed by atoms with van der Waals surface area (Å²) in [5.74, 6) is -0.501. The van der Waals surface area contributed by atoms with Crippen molar-refractivity contribution in [3.05, 3.63) is 23.8 Å². The number of carbonyl (C=O) groups excluding carboxylic acids is 1. The van der Waals surface area contributed by atoms with Crippen molar-refractivity contribution in [2.75, 3.05) is 24.7 Å². The molecule has 0 aliphatic rings. The van der Waals surface area contributed by atoms with E-state index in [4.69, 9.17) is 18.6 Å². The van der Waals surface area contributed by atoms with Crippen molar-refractivity contribution in [1.29, 1.82) is 0 Å². The Morgan fingerprint density at radius 2 is 1.35 bits per heavy atom. The van der Waals surface area contributed by atoms with E-state index in [0.717, 1.165) is 0 Å². The van der Waals surface area contributed by atoms with Crippen LogP contribution in [0.3, 0.4) is 0 Å². The van der Waals surface area contributed by atoms with E-state index in [9.17, 15) is 21.6 Å². The zero-order valence-electron chi connectivity index (χ0n) is 16.6. The average molecular weight is 430 g/mol. The zero-order chi connectivity index (χ0) is 18.2. The van der Waals surface area contributed by atoms with Crippen LogP contribution in [-0.2, 0) is 20.2 Å². The van der Waals surface area contributed by atoms with Gasteiger partial charge in [0.1, 0.15) is 6.29 Å². The molecule has 26 heavy (non-hydrogen) atoms. The van der Waals surface area contributed by atoms with Gasteiger partial charge in [0, 0.05) is 5.56 Å². The first-order valence-electron chi connectivity index (χ1n) is 6.86. The fraction of sp³-hybridized carbons (Fsp3) is 0.462. The van der Waals surface area contributed by atoms with Crippen molar-refractivity contribution in [2.45, 2.75) is 12.8 Å². The van der Waals surface area contributed by atoms with E-state index in [1.54, 1.807) is 0 Å². The standard InChI is InChI=1S/C13H18O9S2.2Na.2H/c14-10-11-3-4-12(21-5-1-7-23(15,16)17)13(9-11)22-6-2-8-24(18,19)20;;;;/h3-4,9-10H,1-2,5-8H2,(H,15,16,17)(H,18,19,20);;;;/q;2*+1;2*-1. The van der Waals surface area contributed by atoms with Gasteiger partial charge in [0.2, 0.25) is 0 Å². The van der Waals surface area contributed by atoms with Gasteiger partial charge in [-0.25, -0.2) is 0 Å². The molecule has 1 aromatic carbocycles. The summed E-state index contributed by atoms with van der Waals surface area (Å²) in [6.45, 7) is -0.0505. The normalized spacial score (nSPS) is 11.0. The third-order valence-electron chi connectivity index (χ3n) is 2.71. The van der Waals surface area contributed by atoms with Gasteiger partial charge in [0.25, 0.3) is 20.2 Å². The molecule has 0 fully saturated rings. The summed E-state index contributed by atoms with van der Waals surface area (Å²) >= 11 is 0. The van der Waals surface area contributed by atoms with Crippen molar-refractivity contribution in [2.24, 2.45) is 0 Å². The summed E-state index contributed by atoms with van der Waals surface area (Å²) in [4.78, 5) is 10.8. The maximum atomic E-state index is 10.8. The number of benzene rings is 1. The summed E-state index contributed by atoms with van der Waals surface area (Å²) in [5, 5.41) is 0. The fourth-order valence-corrected chi connectivity index (χ4v) is 2.64. The molecule has 0 spiro atoms. The number of hydrogen-bond donors (Lipinski definition) is 2. The molecule has 2 N–H and O–H groups in total. The summed E-state index contributed by atoms with van der Waals surface area (Å²) < 4.78 is 70.4. The van der Waals surface area contributed by atoms with Crippen LogP contribution in [0.1, 0.15) is 26.1 Å². The molecule has 140 valence electrons. The van der Waals surface area contributed by atoms with Crippen LogP contribution in [0, 0.1) is 0 Å². The molecule has 0 saturated carbocycles. The molecule has 0 aromatic heterocycles. The minimum atomic E-state index is -4.08. The van der Waals surface area contributed by atoms with E-state index in [1.165, 1.54) is 18.2 Å². The maximum Gasteiger partial charge on any atom is 1.00 e. The van der Waals surface area contributed by atoms with Gasteiger partial charge >= 0.3 is 59.1 Å². The van der Waals surface area contributed by atoms with Crippen molar-refractivity contribution in [3.63, 3.8) is 0 Å². The summed E-state index contributed by atoms with van der Waals surface area (Å²) in [6.07, 6.45) is 0.677. The minimum absolute atomic E-state index is 0. The Balaban J connectivity index is -0.000000720. The van der Waals surface area contributed by atoms with Gasteiger partial charge in [-0.1, -0.05) is 0 Å². The molecule has 0 saturated heterocycles.